The van der Waals surface area contributed by atoms with E-state index in [1.165, 1.54) is 24.0 Å². The second kappa shape index (κ2) is 7.39. The largest absolute Gasteiger partial charge is 0.476 e. The molecule has 26 heavy (non-hydrogen) atoms. The molecule has 134 valence electrons. The van der Waals surface area contributed by atoms with Crippen LogP contribution in [-0.4, -0.2) is 32.2 Å². The first-order chi connectivity index (χ1) is 12.4. The molecule has 0 aliphatic carbocycles. The molecule has 0 amide bonds. The minimum Gasteiger partial charge on any atom is -0.476 e. The van der Waals surface area contributed by atoms with Crippen molar-refractivity contribution >= 4 is 45.3 Å². The predicted molar refractivity (Wildman–Crippen MR) is 104 cm³/mol. The van der Waals surface area contributed by atoms with Crippen LogP contribution in [0.4, 0.5) is 0 Å². The first kappa shape index (κ1) is 18.3. The Labute approximate surface area is 159 Å². The Morgan fingerprint density at radius 2 is 2.23 bits per heavy atom. The summed E-state index contributed by atoms with van der Waals surface area (Å²) < 4.78 is 7.63. The van der Waals surface area contributed by atoms with Crippen LogP contribution in [0.2, 0.25) is 5.02 Å². The summed E-state index contributed by atoms with van der Waals surface area (Å²) in [5.74, 6) is -0.437. The molecule has 0 aliphatic rings. The second-order valence-corrected chi connectivity index (χ2v) is 6.78. The van der Waals surface area contributed by atoms with Crippen LogP contribution >= 0.6 is 23.4 Å². The van der Waals surface area contributed by atoms with E-state index < -0.39 is 5.97 Å². The van der Waals surface area contributed by atoms with Crippen molar-refractivity contribution in [3.8, 4) is 0 Å². The molecule has 0 aliphatic heterocycles. The van der Waals surface area contributed by atoms with Gasteiger partial charge in [0.1, 0.15) is 10.6 Å². The Kier molecular flexibility index (Phi) is 5.20. The van der Waals surface area contributed by atoms with E-state index in [0.29, 0.717) is 28.0 Å². The highest BCUT2D eigenvalue weighted by atomic mass is 35.5. The minimum atomic E-state index is -1.06. The monoisotopic (exact) mass is 389 g/mol. The molecule has 1 N–H and O–H groups in total. The third-order valence-corrected chi connectivity index (χ3v) is 4.70. The molecule has 0 atom stereocenters. The van der Waals surface area contributed by atoms with E-state index in [9.17, 15) is 4.79 Å². The molecule has 0 bridgehead atoms. The number of hydrogen-bond acceptors (Lipinski definition) is 5. The number of halogens is 1. The van der Waals surface area contributed by atoms with Gasteiger partial charge in [-0.25, -0.2) is 9.79 Å². The number of fused-ring (bicyclic) bond motifs is 1. The Morgan fingerprint density at radius 1 is 1.46 bits per heavy atom. The van der Waals surface area contributed by atoms with E-state index in [1.54, 1.807) is 17.7 Å². The van der Waals surface area contributed by atoms with Gasteiger partial charge >= 0.3 is 5.97 Å². The van der Waals surface area contributed by atoms with E-state index in [2.05, 4.69) is 16.7 Å². The summed E-state index contributed by atoms with van der Waals surface area (Å²) in [5, 5.41) is 15.3. The first-order valence-corrected chi connectivity index (χ1v) is 9.26. The lowest BCUT2D eigenvalue weighted by molar-refractivity contribution is 0.0689. The lowest BCUT2D eigenvalue weighted by atomic mass is 10.1. The Balaban J connectivity index is 2.08. The fourth-order valence-electron chi connectivity index (χ4n) is 2.64. The Morgan fingerprint density at radius 3 is 2.85 bits per heavy atom. The van der Waals surface area contributed by atoms with Crippen molar-refractivity contribution in [2.24, 2.45) is 4.99 Å². The molecule has 0 radical (unpaired) electrons. The molecule has 6 nitrogen and oxygen atoms in total. The number of furan rings is 1. The van der Waals surface area contributed by atoms with Gasteiger partial charge in [-0.2, -0.15) is 5.10 Å². The Bertz CT molecular complexity index is 1040. The van der Waals surface area contributed by atoms with Gasteiger partial charge in [0.2, 0.25) is 0 Å². The number of benzene rings is 1. The van der Waals surface area contributed by atoms with Crippen LogP contribution in [0.3, 0.4) is 0 Å². The predicted octanol–water partition coefficient (Wildman–Crippen LogP) is 4.59. The first-order valence-electron chi connectivity index (χ1n) is 7.65. The van der Waals surface area contributed by atoms with E-state index >= 15 is 0 Å². The topological polar surface area (TPSA) is 80.6 Å². The molecular formula is C18H16ClN3O3S. The van der Waals surface area contributed by atoms with Gasteiger partial charge in [0.05, 0.1) is 6.54 Å². The Hall–Kier alpha value is -2.51. The molecule has 3 aromatic rings. The molecule has 1 aromatic carbocycles. The number of rotatable bonds is 5. The maximum atomic E-state index is 11.1. The van der Waals surface area contributed by atoms with Gasteiger partial charge in [-0.3, -0.25) is 4.68 Å². The normalized spacial score (nSPS) is 11.9. The highest BCUT2D eigenvalue weighted by molar-refractivity contribution is 8.13. The summed E-state index contributed by atoms with van der Waals surface area (Å²) >= 11 is 7.71. The van der Waals surface area contributed by atoms with Crippen molar-refractivity contribution in [1.82, 2.24) is 9.78 Å². The maximum Gasteiger partial charge on any atom is 0.356 e. The number of carboxylic acids is 1. The van der Waals surface area contributed by atoms with Crippen LogP contribution in [0.5, 0.6) is 0 Å². The molecule has 2 heterocycles. The zero-order valence-corrected chi connectivity index (χ0v) is 15.8. The zero-order valence-electron chi connectivity index (χ0n) is 14.2. The van der Waals surface area contributed by atoms with Gasteiger partial charge in [-0.15, -0.1) is 11.8 Å². The van der Waals surface area contributed by atoms with E-state index in [1.807, 2.05) is 18.4 Å². The van der Waals surface area contributed by atoms with Gasteiger partial charge in [0, 0.05) is 27.9 Å². The quantitative estimate of drug-likeness (QED) is 0.509. The van der Waals surface area contributed by atoms with Gasteiger partial charge in [0.15, 0.2) is 11.5 Å². The summed E-state index contributed by atoms with van der Waals surface area (Å²) in [4.78, 5) is 15.3. The summed E-state index contributed by atoms with van der Waals surface area (Å²) in [5.41, 5.74) is 2.21. The van der Waals surface area contributed by atoms with Gasteiger partial charge in [-0.1, -0.05) is 18.2 Å². The van der Waals surface area contributed by atoms with Crippen molar-refractivity contribution in [1.29, 1.82) is 0 Å². The van der Waals surface area contributed by atoms with Gasteiger partial charge in [0.25, 0.3) is 0 Å². The number of aromatic carboxylic acids is 1. The third-order valence-electron chi connectivity index (χ3n) is 3.79. The number of nitrogens with zero attached hydrogens (tertiary/aromatic N) is 3. The summed E-state index contributed by atoms with van der Waals surface area (Å²) in [7, 11) is 0. The SMILES string of the molecule is C=CN=C(SC)c1cc2cc(Cl)cc(Cn3nc(C(=O)O)cc3C)c2o1. The van der Waals surface area contributed by atoms with Crippen LogP contribution in [0.25, 0.3) is 11.0 Å². The van der Waals surface area contributed by atoms with E-state index in [0.717, 1.165) is 16.6 Å². The fourth-order valence-corrected chi connectivity index (χ4v) is 3.38. The fraction of sp³-hybridized carbons (Fsp3) is 0.167. The molecule has 3 rings (SSSR count). The molecule has 8 heteroatoms. The standard InChI is InChI=1S/C18H16ClN3O3S/c1-4-20-17(26-3)15-8-11-6-13(19)7-12(16(11)25-15)9-22-10(2)5-14(21-22)18(23)24/h4-8H,1,9H2,2-3H3,(H,23,24). The molecule has 0 spiro atoms. The van der Waals surface area contributed by atoms with Gasteiger partial charge < -0.3 is 9.52 Å². The van der Waals surface area contributed by atoms with Crippen molar-refractivity contribution in [3.05, 3.63) is 64.8 Å². The number of carboxylic acid groups (broad SMARTS) is 1. The zero-order chi connectivity index (χ0) is 18.8. The van der Waals surface area contributed by atoms with Crippen molar-refractivity contribution < 1.29 is 14.3 Å². The molecule has 0 saturated heterocycles. The van der Waals surface area contributed by atoms with E-state index in [-0.39, 0.29) is 5.69 Å². The van der Waals surface area contributed by atoms with Crippen LogP contribution in [0.1, 0.15) is 27.5 Å². The molecule has 0 unspecified atom stereocenters. The number of aliphatic imine (C=N–C) groups is 1. The number of aromatic nitrogens is 2. The molecule has 2 aromatic heterocycles. The van der Waals surface area contributed by atoms with Crippen LogP contribution < -0.4 is 0 Å². The lowest BCUT2D eigenvalue weighted by Gasteiger charge is -2.06. The summed E-state index contributed by atoms with van der Waals surface area (Å²) in [6.45, 7) is 5.76. The van der Waals surface area contributed by atoms with Gasteiger partial charge in [-0.05, 0) is 37.4 Å². The van der Waals surface area contributed by atoms with Crippen LogP contribution in [-0.2, 0) is 6.54 Å². The molecule has 0 fully saturated rings. The minimum absolute atomic E-state index is 0.00342. The van der Waals surface area contributed by atoms with Crippen molar-refractivity contribution in [2.45, 2.75) is 13.5 Å². The number of aryl methyl sites for hydroxylation is 1. The van der Waals surface area contributed by atoms with E-state index in [4.69, 9.17) is 21.1 Å². The average Bonchev–Trinajstić information content (AvgIpc) is 3.16. The van der Waals surface area contributed by atoms with Crippen molar-refractivity contribution in [2.75, 3.05) is 6.26 Å². The molecular weight excluding hydrogens is 374 g/mol. The highest BCUT2D eigenvalue weighted by Gasteiger charge is 2.16. The number of hydrogen-bond donors (Lipinski definition) is 1. The van der Waals surface area contributed by atoms with Crippen LogP contribution in [0.15, 0.2) is 46.5 Å². The summed E-state index contributed by atoms with van der Waals surface area (Å²) in [6.07, 6.45) is 3.37. The van der Waals surface area contributed by atoms with Crippen molar-refractivity contribution in [3.63, 3.8) is 0 Å². The third kappa shape index (κ3) is 3.54. The maximum absolute atomic E-state index is 11.1. The highest BCUT2D eigenvalue weighted by Crippen LogP contribution is 2.30. The number of thioether (sulfide) groups is 1. The number of carbonyl (C=O) groups is 1. The second-order valence-electron chi connectivity index (χ2n) is 5.55. The lowest BCUT2D eigenvalue weighted by Crippen LogP contribution is -2.06. The van der Waals surface area contributed by atoms with Crippen LogP contribution in [0, 0.1) is 6.92 Å². The molecule has 0 saturated carbocycles. The average molecular weight is 390 g/mol. The smallest absolute Gasteiger partial charge is 0.356 e. The summed E-state index contributed by atoms with van der Waals surface area (Å²) in [6, 6.07) is 7.02.